The SMILES string of the molecule is COc1ccc(OC)c(C(=O)N2CCC(Cc3ccccc3-c3cccnc3)(C(N)=O)C2)c1. The summed E-state index contributed by atoms with van der Waals surface area (Å²) in [6.45, 7) is 0.667. The fraction of sp³-hybridized carbons (Fsp3) is 0.269. The monoisotopic (exact) mass is 445 g/mol. The first kappa shape index (κ1) is 22.3. The summed E-state index contributed by atoms with van der Waals surface area (Å²) in [5, 5.41) is 0. The first-order chi connectivity index (χ1) is 16.0. The molecule has 1 saturated heterocycles. The second kappa shape index (κ2) is 9.32. The van der Waals surface area contributed by atoms with E-state index in [-0.39, 0.29) is 12.5 Å². The van der Waals surface area contributed by atoms with Crippen LogP contribution in [0.25, 0.3) is 11.1 Å². The lowest BCUT2D eigenvalue weighted by atomic mass is 9.78. The average molecular weight is 446 g/mol. The lowest BCUT2D eigenvalue weighted by Gasteiger charge is -2.27. The topological polar surface area (TPSA) is 94.8 Å². The number of carbonyl (C=O) groups excluding carboxylic acids is 2. The van der Waals surface area contributed by atoms with E-state index in [1.165, 1.54) is 7.11 Å². The Balaban J connectivity index is 1.63. The number of hydrogen-bond acceptors (Lipinski definition) is 5. The number of rotatable bonds is 7. The molecular formula is C26H27N3O4. The Bertz CT molecular complexity index is 1170. The van der Waals surface area contributed by atoms with E-state index in [1.54, 1.807) is 42.6 Å². The molecule has 1 aliphatic heterocycles. The molecule has 3 aromatic rings. The summed E-state index contributed by atoms with van der Waals surface area (Å²) in [6, 6.07) is 16.9. The zero-order chi connectivity index (χ0) is 23.4. The maximum Gasteiger partial charge on any atom is 0.257 e. The number of carbonyl (C=O) groups is 2. The smallest absolute Gasteiger partial charge is 0.257 e. The molecule has 2 N–H and O–H groups in total. The van der Waals surface area contributed by atoms with E-state index in [0.717, 1.165) is 16.7 Å². The lowest BCUT2D eigenvalue weighted by molar-refractivity contribution is -0.126. The van der Waals surface area contributed by atoms with Crippen LogP contribution in [0, 0.1) is 5.41 Å². The molecule has 4 rings (SSSR count). The van der Waals surface area contributed by atoms with Crippen LogP contribution in [-0.2, 0) is 11.2 Å². The highest BCUT2D eigenvalue weighted by Gasteiger charge is 2.45. The molecule has 0 bridgehead atoms. The third-order valence-electron chi connectivity index (χ3n) is 6.32. The standard InChI is InChI=1S/C26H27N3O4/c1-32-20-9-10-23(33-2)22(14-20)24(30)29-13-11-26(17-29,25(27)31)15-18-6-3-4-8-21(18)19-7-5-12-28-16-19/h3-10,12,14,16H,11,13,15,17H2,1-2H3,(H2,27,31). The summed E-state index contributed by atoms with van der Waals surface area (Å²) in [5.41, 5.74) is 8.45. The first-order valence-electron chi connectivity index (χ1n) is 10.8. The number of amides is 2. The number of hydrogen-bond donors (Lipinski definition) is 1. The van der Waals surface area contributed by atoms with Crippen LogP contribution in [0.5, 0.6) is 11.5 Å². The Labute approximate surface area is 193 Å². The number of benzene rings is 2. The van der Waals surface area contributed by atoms with Crippen molar-refractivity contribution >= 4 is 11.8 Å². The Hall–Kier alpha value is -3.87. The fourth-order valence-electron chi connectivity index (χ4n) is 4.47. The molecule has 2 aromatic carbocycles. The molecule has 1 unspecified atom stereocenters. The Kier molecular flexibility index (Phi) is 6.31. The van der Waals surface area contributed by atoms with Gasteiger partial charge in [0.05, 0.1) is 25.2 Å². The molecule has 0 aliphatic carbocycles. The number of aromatic nitrogens is 1. The van der Waals surface area contributed by atoms with Gasteiger partial charge in [0.25, 0.3) is 5.91 Å². The van der Waals surface area contributed by atoms with Crippen LogP contribution in [0.4, 0.5) is 0 Å². The van der Waals surface area contributed by atoms with Gasteiger partial charge in [0, 0.05) is 31.0 Å². The average Bonchev–Trinajstić information content (AvgIpc) is 3.29. The van der Waals surface area contributed by atoms with Gasteiger partial charge in [-0.05, 0) is 48.2 Å². The molecule has 0 saturated carbocycles. The highest BCUT2D eigenvalue weighted by molar-refractivity contribution is 5.98. The van der Waals surface area contributed by atoms with E-state index in [1.807, 2.05) is 36.4 Å². The van der Waals surface area contributed by atoms with E-state index in [0.29, 0.717) is 36.4 Å². The predicted octanol–water partition coefficient (Wildman–Crippen LogP) is 3.33. The molecule has 0 radical (unpaired) electrons. The van der Waals surface area contributed by atoms with Crippen molar-refractivity contribution in [2.45, 2.75) is 12.8 Å². The van der Waals surface area contributed by atoms with Gasteiger partial charge in [0.15, 0.2) is 0 Å². The molecule has 1 aromatic heterocycles. The van der Waals surface area contributed by atoms with E-state index >= 15 is 0 Å². The van der Waals surface area contributed by atoms with Crippen molar-refractivity contribution in [3.8, 4) is 22.6 Å². The van der Waals surface area contributed by atoms with Gasteiger partial charge >= 0.3 is 0 Å². The number of pyridine rings is 1. The Morgan fingerprint density at radius 3 is 2.61 bits per heavy atom. The number of nitrogens with zero attached hydrogens (tertiary/aromatic N) is 2. The van der Waals surface area contributed by atoms with E-state index < -0.39 is 11.3 Å². The van der Waals surface area contributed by atoms with Crippen LogP contribution >= 0.6 is 0 Å². The van der Waals surface area contributed by atoms with Crippen LogP contribution < -0.4 is 15.2 Å². The molecule has 1 aliphatic rings. The van der Waals surface area contributed by atoms with Crippen LogP contribution in [0.15, 0.2) is 67.0 Å². The molecular weight excluding hydrogens is 418 g/mol. The van der Waals surface area contributed by atoms with Crippen LogP contribution in [0.1, 0.15) is 22.3 Å². The van der Waals surface area contributed by atoms with Gasteiger partial charge in [0.1, 0.15) is 11.5 Å². The fourth-order valence-corrected chi connectivity index (χ4v) is 4.47. The molecule has 1 fully saturated rings. The number of primary amides is 1. The molecule has 33 heavy (non-hydrogen) atoms. The number of ether oxygens (including phenoxy) is 2. The highest BCUT2D eigenvalue weighted by Crippen LogP contribution is 2.38. The number of nitrogens with two attached hydrogens (primary N) is 1. The minimum atomic E-state index is -0.861. The summed E-state index contributed by atoms with van der Waals surface area (Å²) in [6.07, 6.45) is 4.45. The van der Waals surface area contributed by atoms with E-state index in [2.05, 4.69) is 4.98 Å². The van der Waals surface area contributed by atoms with Gasteiger partial charge < -0.3 is 20.1 Å². The van der Waals surface area contributed by atoms with Gasteiger partial charge in [-0.25, -0.2) is 0 Å². The molecule has 7 heteroatoms. The number of methoxy groups -OCH3 is 2. The summed E-state index contributed by atoms with van der Waals surface area (Å²) in [4.78, 5) is 32.0. The second-order valence-corrected chi connectivity index (χ2v) is 8.26. The highest BCUT2D eigenvalue weighted by atomic mass is 16.5. The van der Waals surface area contributed by atoms with Crippen molar-refractivity contribution < 1.29 is 19.1 Å². The van der Waals surface area contributed by atoms with Crippen molar-refractivity contribution in [2.75, 3.05) is 27.3 Å². The summed E-state index contributed by atoms with van der Waals surface area (Å²) >= 11 is 0. The zero-order valence-corrected chi connectivity index (χ0v) is 18.8. The maximum atomic E-state index is 13.4. The van der Waals surface area contributed by atoms with Crippen LogP contribution in [0.3, 0.4) is 0 Å². The first-order valence-corrected chi connectivity index (χ1v) is 10.8. The van der Waals surface area contributed by atoms with Gasteiger partial charge in [-0.1, -0.05) is 30.3 Å². The quantitative estimate of drug-likeness (QED) is 0.602. The van der Waals surface area contributed by atoms with Gasteiger partial charge in [-0.15, -0.1) is 0 Å². The third-order valence-corrected chi connectivity index (χ3v) is 6.32. The molecule has 1 atom stereocenters. The zero-order valence-electron chi connectivity index (χ0n) is 18.8. The third kappa shape index (κ3) is 4.39. The molecule has 7 nitrogen and oxygen atoms in total. The van der Waals surface area contributed by atoms with Gasteiger partial charge in [-0.3, -0.25) is 14.6 Å². The van der Waals surface area contributed by atoms with Crippen molar-refractivity contribution in [3.63, 3.8) is 0 Å². The normalized spacial score (nSPS) is 17.6. The lowest BCUT2D eigenvalue weighted by Crippen LogP contribution is -2.42. The minimum Gasteiger partial charge on any atom is -0.497 e. The van der Waals surface area contributed by atoms with Gasteiger partial charge in [0.2, 0.25) is 5.91 Å². The molecule has 2 amide bonds. The van der Waals surface area contributed by atoms with E-state index in [9.17, 15) is 9.59 Å². The van der Waals surface area contributed by atoms with Crippen molar-refractivity contribution in [3.05, 3.63) is 78.1 Å². The Morgan fingerprint density at radius 1 is 1.09 bits per heavy atom. The van der Waals surface area contributed by atoms with Gasteiger partial charge in [-0.2, -0.15) is 0 Å². The van der Waals surface area contributed by atoms with Crippen molar-refractivity contribution in [1.29, 1.82) is 0 Å². The predicted molar refractivity (Wildman–Crippen MR) is 125 cm³/mol. The van der Waals surface area contributed by atoms with Crippen molar-refractivity contribution in [1.82, 2.24) is 9.88 Å². The Morgan fingerprint density at radius 2 is 1.91 bits per heavy atom. The largest absolute Gasteiger partial charge is 0.497 e. The maximum absolute atomic E-state index is 13.4. The van der Waals surface area contributed by atoms with Crippen LogP contribution in [0.2, 0.25) is 0 Å². The molecule has 170 valence electrons. The van der Waals surface area contributed by atoms with Crippen molar-refractivity contribution in [2.24, 2.45) is 11.1 Å². The molecule has 2 heterocycles. The minimum absolute atomic E-state index is 0.214. The number of likely N-dealkylation sites (tertiary alicyclic amines) is 1. The molecule has 0 spiro atoms. The summed E-state index contributed by atoms with van der Waals surface area (Å²) in [7, 11) is 3.06. The summed E-state index contributed by atoms with van der Waals surface area (Å²) < 4.78 is 10.7. The second-order valence-electron chi connectivity index (χ2n) is 8.26. The van der Waals surface area contributed by atoms with Crippen LogP contribution in [-0.4, -0.2) is 49.0 Å². The summed E-state index contributed by atoms with van der Waals surface area (Å²) in [5.74, 6) is 0.398. The van der Waals surface area contributed by atoms with E-state index in [4.69, 9.17) is 15.2 Å².